The first kappa shape index (κ1) is 11.3. The summed E-state index contributed by atoms with van der Waals surface area (Å²) in [5.41, 5.74) is 0. The molecule has 0 saturated carbocycles. The zero-order valence-corrected chi connectivity index (χ0v) is 10.2. The number of benzene rings is 1. The van der Waals surface area contributed by atoms with E-state index >= 15 is 0 Å². The Hall–Kier alpha value is -0.750. The second-order valence-electron chi connectivity index (χ2n) is 2.64. The first-order valence-corrected chi connectivity index (χ1v) is 5.20. The lowest BCUT2D eigenvalue weighted by Crippen LogP contribution is -3.34. The standard InChI is InChI=1S/C10H12IO3/c1-8(2)14-13-7-12-10-5-3-9(11)4-6-10/h3-6,11H,1,7H2,2H3/q+1. The monoisotopic (exact) mass is 307 g/mol. The molecule has 0 saturated heterocycles. The fourth-order valence-corrected chi connectivity index (χ4v) is 1.14. The zero-order chi connectivity index (χ0) is 10.4. The quantitative estimate of drug-likeness (QED) is 0.174. The van der Waals surface area contributed by atoms with Gasteiger partial charge in [0.05, 0.1) is 0 Å². The Kier molecular flexibility index (Phi) is 4.75. The van der Waals surface area contributed by atoms with Crippen LogP contribution in [0.3, 0.4) is 0 Å². The van der Waals surface area contributed by atoms with Crippen LogP contribution in [-0.2, 0) is 9.78 Å². The Balaban J connectivity index is 2.25. The minimum atomic E-state index is 0.0523. The molecule has 4 heteroatoms. The van der Waals surface area contributed by atoms with E-state index in [0.717, 1.165) is 5.75 Å². The fourth-order valence-electron chi connectivity index (χ4n) is 0.753. The molecule has 0 aliphatic rings. The van der Waals surface area contributed by atoms with E-state index in [1.165, 1.54) is 3.57 Å². The van der Waals surface area contributed by atoms with Crippen molar-refractivity contribution in [3.05, 3.63) is 40.2 Å². The van der Waals surface area contributed by atoms with E-state index in [1.807, 2.05) is 46.9 Å². The van der Waals surface area contributed by atoms with Crippen LogP contribution in [0.25, 0.3) is 0 Å². The lowest BCUT2D eigenvalue weighted by atomic mass is 10.3. The third kappa shape index (κ3) is 4.48. The van der Waals surface area contributed by atoms with Crippen molar-refractivity contribution in [2.24, 2.45) is 0 Å². The van der Waals surface area contributed by atoms with Crippen LogP contribution in [0.1, 0.15) is 6.92 Å². The summed E-state index contributed by atoms with van der Waals surface area (Å²) in [5, 5.41) is 0. The SMILES string of the molecule is C=C(C)OOCOc1ccc([IH+])cc1. The number of allylic oxidation sites excluding steroid dienone is 1. The van der Waals surface area contributed by atoms with Crippen LogP contribution in [0.4, 0.5) is 0 Å². The number of ether oxygens (including phenoxy) is 1. The van der Waals surface area contributed by atoms with Gasteiger partial charge in [-0.1, -0.05) is 6.58 Å². The van der Waals surface area contributed by atoms with E-state index in [0.29, 0.717) is 5.76 Å². The first-order valence-electron chi connectivity index (χ1n) is 4.03. The molecule has 14 heavy (non-hydrogen) atoms. The summed E-state index contributed by atoms with van der Waals surface area (Å²) in [7, 11) is 0. The smallest absolute Gasteiger partial charge is 0.296 e. The average molecular weight is 307 g/mol. The molecule has 0 amide bonds. The maximum absolute atomic E-state index is 5.22. The molecular weight excluding hydrogens is 295 g/mol. The van der Waals surface area contributed by atoms with Gasteiger partial charge in [0.25, 0.3) is 22.6 Å². The maximum Gasteiger partial charge on any atom is 0.296 e. The normalized spacial score (nSPS) is 9.57. The fraction of sp³-hybridized carbons (Fsp3) is 0.200. The summed E-state index contributed by atoms with van der Waals surface area (Å²) in [5.74, 6) is 1.25. The molecule has 0 bridgehead atoms. The third-order valence-corrected chi connectivity index (χ3v) is 2.08. The highest BCUT2D eigenvalue weighted by atomic mass is 127. The van der Waals surface area contributed by atoms with Crippen LogP contribution in [0.15, 0.2) is 36.6 Å². The van der Waals surface area contributed by atoms with Crippen LogP contribution < -0.4 is 27.3 Å². The van der Waals surface area contributed by atoms with Gasteiger partial charge in [0.2, 0.25) is 6.79 Å². The van der Waals surface area contributed by atoms with Gasteiger partial charge >= 0.3 is 0 Å². The number of hydrogen-bond donors (Lipinski definition) is 0. The van der Waals surface area contributed by atoms with Crippen molar-refractivity contribution >= 4 is 0 Å². The van der Waals surface area contributed by atoms with E-state index in [1.54, 1.807) is 6.92 Å². The largest absolute Gasteiger partial charge is 0.464 e. The molecule has 1 aromatic carbocycles. The van der Waals surface area contributed by atoms with Crippen molar-refractivity contribution in [3.8, 4) is 5.75 Å². The van der Waals surface area contributed by atoms with Gasteiger partial charge in [0.15, 0.2) is 3.57 Å². The number of rotatable bonds is 5. The van der Waals surface area contributed by atoms with E-state index in [-0.39, 0.29) is 6.79 Å². The van der Waals surface area contributed by atoms with Crippen LogP contribution in [0.5, 0.6) is 5.75 Å². The molecule has 3 nitrogen and oxygen atoms in total. The average Bonchev–Trinajstić information content (AvgIpc) is 2.15. The molecule has 0 atom stereocenters. The van der Waals surface area contributed by atoms with Gasteiger partial charge in [0, 0.05) is 0 Å². The topological polar surface area (TPSA) is 27.7 Å². The molecule has 0 spiro atoms. The van der Waals surface area contributed by atoms with Crippen LogP contribution in [0.2, 0.25) is 0 Å². The molecule has 0 N–H and O–H groups in total. The van der Waals surface area contributed by atoms with Gasteiger partial charge < -0.3 is 9.62 Å². The van der Waals surface area contributed by atoms with Gasteiger partial charge in [-0.2, -0.15) is 0 Å². The van der Waals surface area contributed by atoms with Crippen molar-refractivity contribution in [2.75, 3.05) is 6.79 Å². The molecule has 0 unspecified atom stereocenters. The maximum atomic E-state index is 5.22. The molecule has 0 aliphatic carbocycles. The van der Waals surface area contributed by atoms with Crippen molar-refractivity contribution in [2.45, 2.75) is 6.92 Å². The van der Waals surface area contributed by atoms with Gasteiger partial charge in [-0.25, -0.2) is 0 Å². The van der Waals surface area contributed by atoms with Gasteiger partial charge in [0.1, 0.15) is 11.5 Å². The molecule has 0 radical (unpaired) electrons. The van der Waals surface area contributed by atoms with E-state index in [4.69, 9.17) is 9.62 Å². The van der Waals surface area contributed by atoms with Crippen molar-refractivity contribution in [1.82, 2.24) is 0 Å². The Morgan fingerprint density at radius 2 is 2.00 bits per heavy atom. The zero-order valence-electron chi connectivity index (χ0n) is 7.86. The Morgan fingerprint density at radius 1 is 1.36 bits per heavy atom. The van der Waals surface area contributed by atoms with Crippen molar-refractivity contribution < 1.29 is 37.1 Å². The Labute approximate surface area is 96.7 Å². The molecule has 76 valence electrons. The lowest BCUT2D eigenvalue weighted by Gasteiger charge is -2.05. The molecular formula is C10H12IO3+. The summed E-state index contributed by atoms with van der Waals surface area (Å²) >= 11 is 1.95. The second kappa shape index (κ2) is 5.87. The summed E-state index contributed by atoms with van der Waals surface area (Å²) in [6.07, 6.45) is 0. The molecule has 0 heterocycles. The molecule has 1 rings (SSSR count). The number of halogens is 1. The predicted molar refractivity (Wildman–Crippen MR) is 49.0 cm³/mol. The minimum Gasteiger partial charge on any atom is -0.464 e. The molecule has 1 aromatic rings. The Bertz CT molecular complexity index is 295. The van der Waals surface area contributed by atoms with E-state index in [9.17, 15) is 0 Å². The van der Waals surface area contributed by atoms with E-state index < -0.39 is 0 Å². The summed E-state index contributed by atoms with van der Waals surface area (Å²) in [4.78, 5) is 9.38. The highest BCUT2D eigenvalue weighted by Crippen LogP contribution is 2.08. The minimum absolute atomic E-state index is 0.0523. The van der Waals surface area contributed by atoms with E-state index in [2.05, 4.69) is 11.5 Å². The molecule has 0 aliphatic heterocycles. The van der Waals surface area contributed by atoms with Crippen molar-refractivity contribution in [1.29, 1.82) is 0 Å². The van der Waals surface area contributed by atoms with Crippen LogP contribution >= 0.6 is 0 Å². The first-order chi connectivity index (χ1) is 6.68. The summed E-state index contributed by atoms with van der Waals surface area (Å²) < 4.78 is 6.43. The van der Waals surface area contributed by atoms with Crippen LogP contribution in [-0.4, -0.2) is 6.79 Å². The summed E-state index contributed by atoms with van der Waals surface area (Å²) in [6, 6.07) is 7.70. The van der Waals surface area contributed by atoms with Gasteiger partial charge in [-0.3, -0.25) is 0 Å². The lowest BCUT2D eigenvalue weighted by molar-refractivity contribution is -0.328. The highest BCUT2D eigenvalue weighted by molar-refractivity contribution is 5.20. The highest BCUT2D eigenvalue weighted by Gasteiger charge is 1.97. The Morgan fingerprint density at radius 3 is 2.57 bits per heavy atom. The van der Waals surface area contributed by atoms with Gasteiger partial charge in [-0.15, -0.1) is 4.89 Å². The van der Waals surface area contributed by atoms with Crippen molar-refractivity contribution in [3.63, 3.8) is 0 Å². The summed E-state index contributed by atoms with van der Waals surface area (Å²) in [6.45, 7) is 5.26. The predicted octanol–water partition coefficient (Wildman–Crippen LogP) is -1.04. The third-order valence-electron chi connectivity index (χ3n) is 1.30. The second-order valence-corrected chi connectivity index (χ2v) is 3.98. The number of hydrogen-bond acceptors (Lipinski definition) is 3. The molecule has 0 fully saturated rings. The van der Waals surface area contributed by atoms with Crippen LogP contribution in [0, 0.1) is 3.57 Å². The van der Waals surface area contributed by atoms with Gasteiger partial charge in [-0.05, 0) is 31.2 Å². The molecule has 0 aromatic heterocycles.